The van der Waals surface area contributed by atoms with Gasteiger partial charge >= 0.3 is 27.7 Å². The van der Waals surface area contributed by atoms with Gasteiger partial charge in [-0.1, -0.05) is 12.9 Å². The molecular weight excluding hydrogens is 289 g/mol. The first-order chi connectivity index (χ1) is 2.83. The van der Waals surface area contributed by atoms with Crippen LogP contribution >= 0.6 is 0 Å². The fraction of sp³-hybridized carbons (Fsp3) is 0. The quantitative estimate of drug-likeness (QED) is 0.453. The van der Waals surface area contributed by atoms with Crippen LogP contribution in [0.2, 0.25) is 0 Å². The van der Waals surface area contributed by atoms with Gasteiger partial charge in [-0.05, 0) is 0 Å². The van der Waals surface area contributed by atoms with Crippen LogP contribution in [0.15, 0.2) is 0 Å². The van der Waals surface area contributed by atoms with Gasteiger partial charge in [0.05, 0.1) is 0 Å². The van der Waals surface area contributed by atoms with Crippen molar-refractivity contribution in [1.29, 1.82) is 0 Å². The average molecular weight is 291 g/mol. The van der Waals surface area contributed by atoms with E-state index in [2.05, 4.69) is 0 Å². The number of aliphatic hydroxyl groups excluding tert-OH is 2. The number of rotatable bonds is 0. The Morgan fingerprint density at radius 2 is 1.00 bits per heavy atom. The molecule has 0 spiro atoms. The van der Waals surface area contributed by atoms with Crippen molar-refractivity contribution in [2.45, 2.75) is 0 Å². The van der Waals surface area contributed by atoms with Crippen molar-refractivity contribution >= 4 is 12.9 Å². The van der Waals surface area contributed by atoms with Crippen LogP contribution in [0.4, 0.5) is 0 Å². The van der Waals surface area contributed by atoms with Crippen molar-refractivity contribution in [2.75, 3.05) is 0 Å². The first-order valence-electron chi connectivity index (χ1n) is 0.855. The zero-order valence-electron chi connectivity index (χ0n) is 3.42. The number of hydrogen-bond donors (Lipinski definition) is 2. The van der Waals surface area contributed by atoms with Crippen LogP contribution in [-0.4, -0.2) is 23.2 Å². The predicted molar refractivity (Wildman–Crippen MR) is 16.6 cm³/mol. The van der Waals surface area contributed by atoms with Crippen LogP contribution in [0.3, 0.4) is 0 Å². The molecule has 0 fully saturated rings. The Labute approximate surface area is 60.7 Å². The van der Waals surface area contributed by atoms with E-state index in [0.29, 0.717) is 12.9 Å². The van der Waals surface area contributed by atoms with Crippen LogP contribution in [0.25, 0.3) is 0 Å². The van der Waals surface area contributed by atoms with E-state index in [1.54, 1.807) is 0 Å². The van der Waals surface area contributed by atoms with Crippen LogP contribution in [0.1, 0.15) is 0 Å². The minimum Gasteiger partial charge on any atom is -0.665 e. The van der Waals surface area contributed by atoms with Gasteiger partial charge in [-0.3, -0.25) is 0 Å². The van der Waals surface area contributed by atoms with Crippen molar-refractivity contribution in [1.82, 2.24) is 0 Å². The van der Waals surface area contributed by atoms with Crippen LogP contribution in [-0.2, 0) is 37.3 Å². The van der Waals surface area contributed by atoms with Gasteiger partial charge in [0, 0.05) is 0 Å². The smallest absolute Gasteiger partial charge is 0.665 e. The molecule has 0 aromatic carbocycles. The van der Waals surface area contributed by atoms with Crippen molar-refractivity contribution in [3.8, 4) is 0 Å². The van der Waals surface area contributed by atoms with E-state index in [1.807, 2.05) is 0 Å². The minimum absolute atomic E-state index is 0. The monoisotopic (exact) mass is 292 g/mol. The maximum absolute atomic E-state index is 8.24. The Kier molecular flexibility index (Phi) is 89.7. The molecule has 0 radical (unpaired) electrons. The van der Waals surface area contributed by atoms with Gasteiger partial charge < -0.3 is 19.8 Å². The van der Waals surface area contributed by atoms with Crippen molar-refractivity contribution in [3.05, 3.63) is 0 Å². The Morgan fingerprint density at radius 3 is 1.00 bits per heavy atom. The van der Waals surface area contributed by atoms with Crippen molar-refractivity contribution in [3.63, 3.8) is 0 Å². The van der Waals surface area contributed by atoms with Gasteiger partial charge in [0.1, 0.15) is 0 Å². The molecule has 5 heteroatoms. The second-order valence-electron chi connectivity index (χ2n) is 0.183. The summed E-state index contributed by atoms with van der Waals surface area (Å²) < 4.78 is 0. The van der Waals surface area contributed by atoms with Gasteiger partial charge in [0.2, 0.25) is 0 Å². The Balaban J connectivity index is -0.0000000400. The van der Waals surface area contributed by atoms with Crippen molar-refractivity contribution < 1.29 is 47.5 Å². The summed E-state index contributed by atoms with van der Waals surface area (Å²) in [5.74, 6) is 0. The summed E-state index contributed by atoms with van der Waals surface area (Å²) in [5, 5.41) is 13.5. The molecule has 2 N–H and O–H groups in total. The molecule has 0 unspecified atom stereocenters. The molecule has 0 aliphatic carbocycles. The fourth-order valence-corrected chi connectivity index (χ4v) is 0. The maximum Gasteiger partial charge on any atom is 2.00 e. The third-order valence-corrected chi connectivity index (χ3v) is 0. The molecule has 0 aliphatic rings. The molecule has 0 amide bonds. The summed E-state index contributed by atoms with van der Waals surface area (Å²) in [7, 11) is 0. The molecular formula is C2H2HgO4. The summed E-state index contributed by atoms with van der Waals surface area (Å²) in [6.07, 6.45) is 0. The van der Waals surface area contributed by atoms with E-state index in [4.69, 9.17) is 19.8 Å². The fourth-order valence-electron chi connectivity index (χ4n) is 0. The van der Waals surface area contributed by atoms with Gasteiger partial charge in [-0.25, -0.2) is 0 Å². The Hall–Kier alpha value is -0.125. The molecule has 4 nitrogen and oxygen atoms in total. The zero-order chi connectivity index (χ0) is 5.41. The van der Waals surface area contributed by atoms with E-state index in [-0.39, 0.29) is 27.7 Å². The predicted octanol–water partition coefficient (Wildman–Crippen LogP) is -0.779. The molecule has 0 heterocycles. The molecule has 0 bridgehead atoms. The summed E-state index contributed by atoms with van der Waals surface area (Å²) in [5.41, 5.74) is 0. The number of hydrogen-bond acceptors (Lipinski definition) is 2. The Morgan fingerprint density at radius 1 is 1.00 bits per heavy atom. The SMILES string of the molecule is O=[C-]O.O=[C-]O.[Hg+2]. The van der Waals surface area contributed by atoms with E-state index < -0.39 is 0 Å². The summed E-state index contributed by atoms with van der Waals surface area (Å²) in [6.45, 7) is 1.00. The van der Waals surface area contributed by atoms with Crippen LogP contribution in [0, 0.1) is 0 Å². The molecule has 0 aromatic rings. The zero-order valence-corrected chi connectivity index (χ0v) is 8.92. The molecule has 0 rings (SSSR count). The molecule has 0 atom stereocenters. The Bertz CT molecular complexity index is 30.7. The topological polar surface area (TPSA) is 74.6 Å². The summed E-state index contributed by atoms with van der Waals surface area (Å²) >= 11 is 0. The van der Waals surface area contributed by atoms with E-state index in [0.717, 1.165) is 0 Å². The normalized spacial score (nSPS) is 3.43. The van der Waals surface area contributed by atoms with E-state index in [1.165, 1.54) is 0 Å². The molecule has 7 heavy (non-hydrogen) atoms. The molecule has 36 valence electrons. The minimum atomic E-state index is 0. The third kappa shape index (κ3) is 5650. The standard InChI is InChI=1S/2CHO2.Hg/c2*2-1-3;/h2*(H,2,3);/q2*-1;+2. The molecule has 0 saturated carbocycles. The van der Waals surface area contributed by atoms with Crippen molar-refractivity contribution in [2.24, 2.45) is 0 Å². The third-order valence-electron chi connectivity index (χ3n) is 0. The van der Waals surface area contributed by atoms with Gasteiger partial charge in [-0.2, -0.15) is 0 Å². The first kappa shape index (κ1) is 15.8. The summed E-state index contributed by atoms with van der Waals surface area (Å²) in [6, 6.07) is 0. The molecule has 0 saturated heterocycles. The van der Waals surface area contributed by atoms with Gasteiger partial charge in [-0.15, -0.1) is 0 Å². The molecule has 0 aromatic heterocycles. The second kappa shape index (κ2) is 39.7. The van der Waals surface area contributed by atoms with Gasteiger partial charge in [0.15, 0.2) is 0 Å². The summed E-state index contributed by atoms with van der Waals surface area (Å²) in [4.78, 5) is 16.5. The van der Waals surface area contributed by atoms with Crippen LogP contribution in [0.5, 0.6) is 0 Å². The largest absolute Gasteiger partial charge is 2.00 e. The average Bonchev–Trinajstić information content (AvgIpc) is 1.39. The van der Waals surface area contributed by atoms with Gasteiger partial charge in [0.25, 0.3) is 0 Å². The van der Waals surface area contributed by atoms with E-state index in [9.17, 15) is 0 Å². The second-order valence-corrected chi connectivity index (χ2v) is 0.183. The van der Waals surface area contributed by atoms with Crippen LogP contribution < -0.4 is 0 Å². The van der Waals surface area contributed by atoms with E-state index >= 15 is 0 Å². The maximum atomic E-state index is 8.24. The first-order valence-corrected chi connectivity index (χ1v) is 0.855. The molecule has 0 aliphatic heterocycles.